The minimum Gasteiger partial charge on any atom is -0.497 e. The Hall–Kier alpha value is -1.84. The van der Waals surface area contributed by atoms with Crippen molar-refractivity contribution in [2.24, 2.45) is 0 Å². The third-order valence-corrected chi connectivity index (χ3v) is 5.57. The molecule has 1 amide bonds. The van der Waals surface area contributed by atoms with Crippen LogP contribution in [-0.2, 0) is 19.6 Å². The zero-order valence-electron chi connectivity index (χ0n) is 16.0. The van der Waals surface area contributed by atoms with Gasteiger partial charge in [-0.15, -0.1) is 0 Å². The molecule has 2 rings (SSSR count). The van der Waals surface area contributed by atoms with Gasteiger partial charge in [0.2, 0.25) is 15.9 Å². The Morgan fingerprint density at radius 2 is 1.93 bits per heavy atom. The highest BCUT2D eigenvalue weighted by Crippen LogP contribution is 2.21. The molecule has 0 radical (unpaired) electrons. The van der Waals surface area contributed by atoms with E-state index in [0.29, 0.717) is 24.4 Å². The van der Waals surface area contributed by atoms with E-state index in [-0.39, 0.29) is 18.9 Å². The molecule has 8 nitrogen and oxygen atoms in total. The standard InChI is InChI=1S/C18H29N3O5S/c1-25-17-7-5-16(6-8-17)21(27(2,23)24)10-3-4-18(22)19-9-11-20-12-14-26-15-13-20/h5-8H,3-4,9-15H2,1-2H3,(H,19,22). The molecule has 0 unspecified atom stereocenters. The van der Waals surface area contributed by atoms with Crippen LogP contribution in [0.25, 0.3) is 0 Å². The van der Waals surface area contributed by atoms with E-state index >= 15 is 0 Å². The van der Waals surface area contributed by atoms with Crippen LogP contribution >= 0.6 is 0 Å². The molecule has 1 heterocycles. The predicted molar refractivity (Wildman–Crippen MR) is 105 cm³/mol. The Balaban J connectivity index is 1.76. The number of carbonyl (C=O) groups excluding carboxylic acids is 1. The maximum absolute atomic E-state index is 12.1. The lowest BCUT2D eigenvalue weighted by Crippen LogP contribution is -2.41. The number of nitrogens with zero attached hydrogens (tertiary/aromatic N) is 2. The highest BCUT2D eigenvalue weighted by Gasteiger charge is 2.18. The maximum Gasteiger partial charge on any atom is 0.232 e. The molecule has 1 saturated heterocycles. The van der Waals surface area contributed by atoms with Gasteiger partial charge in [0.05, 0.1) is 32.3 Å². The summed E-state index contributed by atoms with van der Waals surface area (Å²) in [6.45, 7) is 4.90. The lowest BCUT2D eigenvalue weighted by Gasteiger charge is -2.26. The van der Waals surface area contributed by atoms with Gasteiger partial charge < -0.3 is 14.8 Å². The highest BCUT2D eigenvalue weighted by molar-refractivity contribution is 7.92. The highest BCUT2D eigenvalue weighted by atomic mass is 32.2. The van der Waals surface area contributed by atoms with Gasteiger partial charge in [-0.2, -0.15) is 0 Å². The van der Waals surface area contributed by atoms with Crippen molar-refractivity contribution in [2.45, 2.75) is 12.8 Å². The summed E-state index contributed by atoms with van der Waals surface area (Å²) >= 11 is 0. The summed E-state index contributed by atoms with van der Waals surface area (Å²) in [7, 11) is -1.87. The van der Waals surface area contributed by atoms with Crippen molar-refractivity contribution in [3.05, 3.63) is 24.3 Å². The summed E-state index contributed by atoms with van der Waals surface area (Å²) in [5.41, 5.74) is 0.561. The van der Waals surface area contributed by atoms with E-state index in [2.05, 4.69) is 10.2 Å². The Kier molecular flexibility index (Phi) is 8.33. The molecule has 0 saturated carbocycles. The molecule has 0 spiro atoms. The maximum atomic E-state index is 12.1. The zero-order chi connectivity index (χ0) is 19.7. The summed E-state index contributed by atoms with van der Waals surface area (Å²) in [4.78, 5) is 14.2. The van der Waals surface area contributed by atoms with Crippen molar-refractivity contribution >= 4 is 21.6 Å². The third kappa shape index (κ3) is 7.36. The number of nitrogens with one attached hydrogen (secondary N) is 1. The van der Waals surface area contributed by atoms with Gasteiger partial charge in [-0.3, -0.25) is 14.0 Å². The number of methoxy groups -OCH3 is 1. The van der Waals surface area contributed by atoms with Gasteiger partial charge in [-0.1, -0.05) is 0 Å². The number of sulfonamides is 1. The predicted octanol–water partition coefficient (Wildman–Crippen LogP) is 0.690. The van der Waals surface area contributed by atoms with Crippen LogP contribution in [0.4, 0.5) is 5.69 Å². The first-order valence-electron chi connectivity index (χ1n) is 9.08. The smallest absolute Gasteiger partial charge is 0.232 e. The number of carbonyl (C=O) groups is 1. The molecule has 27 heavy (non-hydrogen) atoms. The van der Waals surface area contributed by atoms with Crippen molar-refractivity contribution in [3.63, 3.8) is 0 Å². The van der Waals surface area contributed by atoms with Crippen LogP contribution in [-0.4, -0.2) is 78.5 Å². The molecule has 0 bridgehead atoms. The van der Waals surface area contributed by atoms with Crippen molar-refractivity contribution in [2.75, 3.05) is 63.6 Å². The number of hydrogen-bond donors (Lipinski definition) is 1. The van der Waals surface area contributed by atoms with Crippen LogP contribution in [0.2, 0.25) is 0 Å². The second-order valence-electron chi connectivity index (χ2n) is 6.44. The molecule has 0 aromatic heterocycles. The first-order valence-corrected chi connectivity index (χ1v) is 10.9. The largest absolute Gasteiger partial charge is 0.497 e. The normalized spacial score (nSPS) is 15.3. The molecular formula is C18H29N3O5S. The van der Waals surface area contributed by atoms with Crippen LogP contribution in [0.5, 0.6) is 5.75 Å². The van der Waals surface area contributed by atoms with Gasteiger partial charge in [0, 0.05) is 39.1 Å². The van der Waals surface area contributed by atoms with Gasteiger partial charge in [0.1, 0.15) is 5.75 Å². The van der Waals surface area contributed by atoms with E-state index in [4.69, 9.17) is 9.47 Å². The lowest BCUT2D eigenvalue weighted by molar-refractivity contribution is -0.121. The fourth-order valence-electron chi connectivity index (χ4n) is 2.88. The van der Waals surface area contributed by atoms with E-state index in [0.717, 1.165) is 32.8 Å². The average Bonchev–Trinajstić information content (AvgIpc) is 2.65. The van der Waals surface area contributed by atoms with Crippen LogP contribution in [0, 0.1) is 0 Å². The van der Waals surface area contributed by atoms with Gasteiger partial charge in [-0.05, 0) is 30.7 Å². The van der Waals surface area contributed by atoms with Crippen LogP contribution in [0.3, 0.4) is 0 Å². The molecule has 1 N–H and O–H groups in total. The quantitative estimate of drug-likeness (QED) is 0.623. The fourth-order valence-corrected chi connectivity index (χ4v) is 3.85. The Morgan fingerprint density at radius 3 is 2.52 bits per heavy atom. The Labute approximate surface area is 161 Å². The number of ether oxygens (including phenoxy) is 2. The molecular weight excluding hydrogens is 370 g/mol. The van der Waals surface area contributed by atoms with Crippen molar-refractivity contribution in [3.8, 4) is 5.75 Å². The second kappa shape index (κ2) is 10.5. The first kappa shape index (κ1) is 21.5. The minimum atomic E-state index is -3.42. The van der Waals surface area contributed by atoms with Gasteiger partial charge in [0.15, 0.2) is 0 Å². The summed E-state index contributed by atoms with van der Waals surface area (Å²) in [5, 5.41) is 2.89. The molecule has 1 fully saturated rings. The van der Waals surface area contributed by atoms with E-state index in [1.807, 2.05) is 0 Å². The number of anilines is 1. The summed E-state index contributed by atoms with van der Waals surface area (Å²) < 4.78 is 35.9. The van der Waals surface area contributed by atoms with E-state index in [9.17, 15) is 13.2 Å². The molecule has 0 atom stereocenters. The average molecular weight is 400 g/mol. The molecule has 1 aromatic rings. The van der Waals surface area contributed by atoms with Gasteiger partial charge in [-0.25, -0.2) is 8.42 Å². The summed E-state index contributed by atoms with van der Waals surface area (Å²) in [6.07, 6.45) is 1.90. The topological polar surface area (TPSA) is 88.2 Å². The number of rotatable bonds is 10. The molecule has 1 aliphatic rings. The molecule has 1 aromatic carbocycles. The second-order valence-corrected chi connectivity index (χ2v) is 8.35. The number of amides is 1. The van der Waals surface area contributed by atoms with Crippen LogP contribution in [0.1, 0.15) is 12.8 Å². The van der Waals surface area contributed by atoms with Gasteiger partial charge in [0.25, 0.3) is 0 Å². The Bertz CT molecular complexity index is 687. The SMILES string of the molecule is COc1ccc(N(CCCC(=O)NCCN2CCOCC2)S(C)(=O)=O)cc1. The van der Waals surface area contributed by atoms with E-state index < -0.39 is 10.0 Å². The van der Waals surface area contributed by atoms with Gasteiger partial charge >= 0.3 is 0 Å². The van der Waals surface area contributed by atoms with Crippen molar-refractivity contribution in [1.29, 1.82) is 0 Å². The molecule has 152 valence electrons. The van der Waals surface area contributed by atoms with Crippen molar-refractivity contribution in [1.82, 2.24) is 10.2 Å². The van der Waals surface area contributed by atoms with Crippen LogP contribution in [0.15, 0.2) is 24.3 Å². The summed E-state index contributed by atoms with van der Waals surface area (Å²) in [5.74, 6) is 0.596. The third-order valence-electron chi connectivity index (χ3n) is 4.38. The number of hydrogen-bond acceptors (Lipinski definition) is 6. The number of morpholine rings is 1. The first-order chi connectivity index (χ1) is 12.9. The lowest BCUT2D eigenvalue weighted by atomic mass is 10.2. The summed E-state index contributed by atoms with van der Waals surface area (Å²) in [6, 6.07) is 6.82. The molecule has 1 aliphatic heterocycles. The number of benzene rings is 1. The van der Waals surface area contributed by atoms with E-state index in [1.54, 1.807) is 31.4 Å². The van der Waals surface area contributed by atoms with E-state index in [1.165, 1.54) is 10.6 Å². The monoisotopic (exact) mass is 399 g/mol. The molecule has 0 aliphatic carbocycles. The van der Waals surface area contributed by atoms with Crippen molar-refractivity contribution < 1.29 is 22.7 Å². The fraction of sp³-hybridized carbons (Fsp3) is 0.611. The zero-order valence-corrected chi connectivity index (χ0v) is 16.8. The van der Waals surface area contributed by atoms with Crippen LogP contribution < -0.4 is 14.4 Å². The Morgan fingerprint density at radius 1 is 1.26 bits per heavy atom. The minimum absolute atomic E-state index is 0.0635. The molecule has 9 heteroatoms.